The van der Waals surface area contributed by atoms with Crippen LogP contribution in [0.3, 0.4) is 0 Å². The summed E-state index contributed by atoms with van der Waals surface area (Å²) in [5, 5.41) is 0. The number of halogens is 1. The van der Waals surface area contributed by atoms with Crippen LogP contribution in [0.2, 0.25) is 6.04 Å². The Balaban J connectivity index is 0. The molecule has 0 aromatic carbocycles. The molecule has 6 heteroatoms. The topological polar surface area (TPSA) is 53.7 Å². The third-order valence-electron chi connectivity index (χ3n) is 6.72. The molecule has 4 nitrogen and oxygen atoms in total. The Kier molecular flexibility index (Phi) is 26.4. The van der Waals surface area contributed by atoms with Gasteiger partial charge < -0.3 is 19.0 Å². The lowest BCUT2D eigenvalue weighted by Gasteiger charge is -2.30. The minimum absolute atomic E-state index is 0. The third kappa shape index (κ3) is 23.2. The van der Waals surface area contributed by atoms with E-state index in [1.54, 1.807) is 0 Å². The van der Waals surface area contributed by atoms with Gasteiger partial charge in [-0.1, -0.05) is 103 Å². The molecule has 1 unspecified atom stereocenters. The summed E-state index contributed by atoms with van der Waals surface area (Å²) in [6, 6.07) is 0.919. The van der Waals surface area contributed by atoms with Crippen LogP contribution in [0.25, 0.3) is 0 Å². The van der Waals surface area contributed by atoms with Gasteiger partial charge in [-0.2, -0.15) is 0 Å². The zero-order chi connectivity index (χ0) is 25.5. The molecule has 0 heterocycles. The van der Waals surface area contributed by atoms with Crippen molar-refractivity contribution in [3.8, 4) is 0 Å². The second kappa shape index (κ2) is 24.7. The van der Waals surface area contributed by atoms with Gasteiger partial charge in [-0.25, -0.2) is 0 Å². The van der Waals surface area contributed by atoms with E-state index in [-0.39, 0.29) is 17.9 Å². The zero-order valence-electron chi connectivity index (χ0n) is 24.6. The first-order chi connectivity index (χ1) is 16.3. The second-order valence-corrected chi connectivity index (χ2v) is 13.7. The Hall–Kier alpha value is 0.347. The van der Waals surface area contributed by atoms with Crippen molar-refractivity contribution in [2.75, 3.05) is 19.8 Å². The first-order valence-corrected chi connectivity index (χ1v) is 17.0. The molecule has 214 valence electrons. The van der Waals surface area contributed by atoms with E-state index in [4.69, 9.17) is 19.0 Å². The van der Waals surface area contributed by atoms with Gasteiger partial charge in [-0.15, -0.1) is 12.4 Å². The quantitative estimate of drug-likeness (QED) is 0.0881. The summed E-state index contributed by atoms with van der Waals surface area (Å²) in [6.45, 7) is 14.7. The van der Waals surface area contributed by atoms with E-state index in [2.05, 4.69) is 20.8 Å². The fourth-order valence-electron chi connectivity index (χ4n) is 5.15. The molecule has 0 aliphatic carbocycles. The minimum Gasteiger partial charge on any atom is -0.374 e. The molecule has 0 aromatic heterocycles. The number of hydrogen-bond donors (Lipinski definition) is 1. The standard InChI is InChI=1S/C29H63NO3Si.ClH/c1-7-11-12-13-14-15-16-17-18-19-20-21-22-24-28(27-29(5,6)30)25-23-26-34(31-8-2,32-9-3)33-10-4;/h28H,7-27,30H2,1-6H3;1H. The van der Waals surface area contributed by atoms with E-state index in [1.807, 2.05) is 20.8 Å². The minimum atomic E-state index is -2.52. The Labute approximate surface area is 228 Å². The van der Waals surface area contributed by atoms with Crippen molar-refractivity contribution in [1.82, 2.24) is 0 Å². The lowest BCUT2D eigenvalue weighted by molar-refractivity contribution is 0.0702. The predicted octanol–water partition coefficient (Wildman–Crippen LogP) is 9.46. The fraction of sp³-hybridized carbons (Fsp3) is 1.00. The lowest BCUT2D eigenvalue weighted by Crippen LogP contribution is -2.46. The number of unbranched alkanes of at least 4 members (excludes halogenated alkanes) is 12. The molecule has 0 saturated heterocycles. The predicted molar refractivity (Wildman–Crippen MR) is 159 cm³/mol. The summed E-state index contributed by atoms with van der Waals surface area (Å²) in [6.07, 6.45) is 23.0. The molecule has 0 radical (unpaired) electrons. The highest BCUT2D eigenvalue weighted by Crippen LogP contribution is 2.28. The summed E-state index contributed by atoms with van der Waals surface area (Å²) in [7, 11) is -2.52. The largest absolute Gasteiger partial charge is 0.500 e. The molecular weight excluding hydrogens is 474 g/mol. The first kappa shape index (κ1) is 37.5. The molecule has 0 rings (SSSR count). The van der Waals surface area contributed by atoms with E-state index in [9.17, 15) is 0 Å². The summed E-state index contributed by atoms with van der Waals surface area (Å²) in [4.78, 5) is 0. The number of nitrogens with two attached hydrogens (primary N) is 1. The molecule has 35 heavy (non-hydrogen) atoms. The molecule has 0 aromatic rings. The van der Waals surface area contributed by atoms with E-state index >= 15 is 0 Å². The van der Waals surface area contributed by atoms with E-state index in [0.29, 0.717) is 25.7 Å². The van der Waals surface area contributed by atoms with Crippen LogP contribution in [0, 0.1) is 5.92 Å². The summed E-state index contributed by atoms with van der Waals surface area (Å²) in [5.41, 5.74) is 6.31. The number of hydrogen-bond acceptors (Lipinski definition) is 4. The van der Waals surface area contributed by atoms with E-state index < -0.39 is 8.80 Å². The Morgan fingerprint density at radius 2 is 0.971 bits per heavy atom. The van der Waals surface area contributed by atoms with Crippen LogP contribution < -0.4 is 5.73 Å². The molecule has 0 bridgehead atoms. The van der Waals surface area contributed by atoms with Gasteiger partial charge in [0.05, 0.1) is 0 Å². The highest BCUT2D eigenvalue weighted by molar-refractivity contribution is 6.60. The van der Waals surface area contributed by atoms with Gasteiger partial charge >= 0.3 is 8.80 Å². The van der Waals surface area contributed by atoms with Crippen molar-refractivity contribution in [2.24, 2.45) is 11.7 Å². The van der Waals surface area contributed by atoms with Crippen LogP contribution in [0.1, 0.15) is 151 Å². The molecule has 0 spiro atoms. The van der Waals surface area contributed by atoms with Crippen LogP contribution in [0.5, 0.6) is 0 Å². The van der Waals surface area contributed by atoms with Gasteiger partial charge in [-0.3, -0.25) is 0 Å². The Morgan fingerprint density at radius 3 is 1.34 bits per heavy atom. The maximum Gasteiger partial charge on any atom is 0.500 e. The van der Waals surface area contributed by atoms with Crippen molar-refractivity contribution in [1.29, 1.82) is 0 Å². The highest BCUT2D eigenvalue weighted by atomic mass is 35.5. The maximum atomic E-state index is 6.42. The van der Waals surface area contributed by atoms with Gasteiger partial charge in [0.15, 0.2) is 0 Å². The molecular formula is C29H64ClNO3Si. The molecule has 0 amide bonds. The van der Waals surface area contributed by atoms with Crippen molar-refractivity contribution in [3.63, 3.8) is 0 Å². The molecule has 0 aliphatic heterocycles. The summed E-state index contributed by atoms with van der Waals surface area (Å²) < 4.78 is 18.1. The molecule has 0 fully saturated rings. The maximum absolute atomic E-state index is 6.42. The highest BCUT2D eigenvalue weighted by Gasteiger charge is 2.39. The smallest absolute Gasteiger partial charge is 0.374 e. The molecule has 2 N–H and O–H groups in total. The second-order valence-electron chi connectivity index (χ2n) is 11.0. The fourth-order valence-corrected chi connectivity index (χ4v) is 7.79. The average molecular weight is 538 g/mol. The van der Waals surface area contributed by atoms with Crippen LogP contribution in [0.4, 0.5) is 0 Å². The van der Waals surface area contributed by atoms with Crippen molar-refractivity contribution in [3.05, 3.63) is 0 Å². The van der Waals surface area contributed by atoms with Crippen molar-refractivity contribution in [2.45, 2.75) is 162 Å². The van der Waals surface area contributed by atoms with Crippen LogP contribution >= 0.6 is 12.4 Å². The van der Waals surface area contributed by atoms with E-state index in [1.165, 1.54) is 96.3 Å². The number of rotatable bonds is 26. The van der Waals surface area contributed by atoms with Crippen LogP contribution in [-0.2, 0) is 13.3 Å². The van der Waals surface area contributed by atoms with Gasteiger partial charge in [-0.05, 0) is 53.4 Å². The third-order valence-corrected chi connectivity index (χ3v) is 9.87. The molecule has 0 saturated carbocycles. The molecule has 1 atom stereocenters. The van der Waals surface area contributed by atoms with Crippen molar-refractivity contribution >= 4 is 21.2 Å². The summed E-state index contributed by atoms with van der Waals surface area (Å²) >= 11 is 0. The van der Waals surface area contributed by atoms with Crippen molar-refractivity contribution < 1.29 is 13.3 Å². The first-order valence-electron chi connectivity index (χ1n) is 15.0. The van der Waals surface area contributed by atoms with Gasteiger partial charge in [0.1, 0.15) is 0 Å². The lowest BCUT2D eigenvalue weighted by atomic mass is 9.85. The van der Waals surface area contributed by atoms with Gasteiger partial charge in [0.2, 0.25) is 0 Å². The summed E-state index contributed by atoms with van der Waals surface area (Å²) in [5.74, 6) is 0.685. The monoisotopic (exact) mass is 537 g/mol. The zero-order valence-corrected chi connectivity index (χ0v) is 26.5. The van der Waals surface area contributed by atoms with Gasteiger partial charge in [0.25, 0.3) is 0 Å². The Bertz CT molecular complexity index is 418. The average Bonchev–Trinajstić information content (AvgIpc) is 2.76. The van der Waals surface area contributed by atoms with Crippen LogP contribution in [-0.4, -0.2) is 34.2 Å². The normalized spacial score (nSPS) is 13.1. The SMILES string of the molecule is CCCCCCCCCCCCCCCC(CCC[Si](OCC)(OCC)OCC)CC(C)(C)N.Cl. The Morgan fingerprint density at radius 1 is 0.600 bits per heavy atom. The molecule has 0 aliphatic rings. The van der Waals surface area contributed by atoms with Crippen LogP contribution in [0.15, 0.2) is 0 Å². The van der Waals surface area contributed by atoms with E-state index in [0.717, 1.165) is 18.9 Å². The van der Waals surface area contributed by atoms with Gasteiger partial charge in [0, 0.05) is 31.4 Å².